The van der Waals surface area contributed by atoms with Gasteiger partial charge in [0.15, 0.2) is 0 Å². The summed E-state index contributed by atoms with van der Waals surface area (Å²) >= 11 is 0. The van der Waals surface area contributed by atoms with E-state index in [0.29, 0.717) is 5.92 Å². The highest BCUT2D eigenvalue weighted by molar-refractivity contribution is 5.76. The van der Waals surface area contributed by atoms with Crippen molar-refractivity contribution in [1.29, 1.82) is 0 Å². The lowest BCUT2D eigenvalue weighted by molar-refractivity contribution is 0.405. The number of hydrogen-bond donors (Lipinski definition) is 2. The number of hydrogen-bond acceptors (Lipinski definition) is 2. The van der Waals surface area contributed by atoms with Crippen LogP contribution in [0.3, 0.4) is 0 Å². The third-order valence-electron chi connectivity index (χ3n) is 4.83. The summed E-state index contributed by atoms with van der Waals surface area (Å²) in [5.74, 6) is 2.62. The van der Waals surface area contributed by atoms with Crippen molar-refractivity contribution >= 4 is 11.0 Å². The molecule has 1 aliphatic carbocycles. The summed E-state index contributed by atoms with van der Waals surface area (Å²) in [5.41, 5.74) is 3.86. The predicted octanol–water partition coefficient (Wildman–Crippen LogP) is 3.30. The molecule has 0 unspecified atom stereocenters. The zero-order valence-electron chi connectivity index (χ0n) is 11.3. The number of nitrogens with one attached hydrogen (secondary N) is 2. The molecule has 1 aromatic carbocycles. The van der Waals surface area contributed by atoms with Gasteiger partial charge in [0.25, 0.3) is 0 Å². The number of H-pyrrole nitrogens is 1. The van der Waals surface area contributed by atoms with Gasteiger partial charge in [-0.3, -0.25) is 0 Å². The molecule has 2 fully saturated rings. The van der Waals surface area contributed by atoms with Crippen molar-refractivity contribution < 1.29 is 0 Å². The maximum absolute atomic E-state index is 4.75. The average molecular weight is 255 g/mol. The molecule has 4 rings (SSSR count). The van der Waals surface area contributed by atoms with Crippen molar-refractivity contribution in [2.24, 2.45) is 0 Å². The van der Waals surface area contributed by atoms with Gasteiger partial charge in [0.2, 0.25) is 0 Å². The lowest BCUT2D eigenvalue weighted by Crippen LogP contribution is -2.26. The Balaban J connectivity index is 1.65. The van der Waals surface area contributed by atoms with E-state index in [0.717, 1.165) is 24.5 Å². The normalized spacial score (nSPS) is 21.7. The molecular formula is C16H21N3. The first-order valence-electron chi connectivity index (χ1n) is 7.60. The Morgan fingerprint density at radius 3 is 2.58 bits per heavy atom. The second-order valence-corrected chi connectivity index (χ2v) is 6.05. The van der Waals surface area contributed by atoms with Crippen LogP contribution in [-0.2, 0) is 0 Å². The van der Waals surface area contributed by atoms with E-state index in [1.165, 1.54) is 49.0 Å². The van der Waals surface area contributed by atoms with Crippen molar-refractivity contribution in [3.63, 3.8) is 0 Å². The van der Waals surface area contributed by atoms with Gasteiger partial charge in [0.05, 0.1) is 11.0 Å². The Morgan fingerprint density at radius 2 is 1.84 bits per heavy atom. The largest absolute Gasteiger partial charge is 0.342 e. The van der Waals surface area contributed by atoms with Crippen molar-refractivity contribution in [3.8, 4) is 0 Å². The molecule has 1 aliphatic heterocycles. The first kappa shape index (κ1) is 11.5. The predicted molar refractivity (Wildman–Crippen MR) is 77.5 cm³/mol. The van der Waals surface area contributed by atoms with E-state index in [9.17, 15) is 0 Å². The molecule has 0 spiro atoms. The number of fused-ring (bicyclic) bond motifs is 1. The molecule has 0 bridgehead atoms. The smallest absolute Gasteiger partial charge is 0.110 e. The molecule has 3 nitrogen and oxygen atoms in total. The van der Waals surface area contributed by atoms with Crippen LogP contribution in [0.5, 0.6) is 0 Å². The van der Waals surface area contributed by atoms with Gasteiger partial charge in [-0.1, -0.05) is 12.5 Å². The number of aromatic nitrogens is 2. The number of aromatic amines is 1. The molecule has 1 saturated heterocycles. The summed E-state index contributed by atoms with van der Waals surface area (Å²) in [4.78, 5) is 8.30. The Labute approximate surface area is 113 Å². The van der Waals surface area contributed by atoms with Gasteiger partial charge in [0, 0.05) is 5.92 Å². The number of imidazole rings is 1. The van der Waals surface area contributed by atoms with E-state index in [-0.39, 0.29) is 0 Å². The minimum absolute atomic E-state index is 0.690. The zero-order valence-corrected chi connectivity index (χ0v) is 11.3. The third kappa shape index (κ3) is 2.06. The van der Waals surface area contributed by atoms with Gasteiger partial charge < -0.3 is 10.3 Å². The topological polar surface area (TPSA) is 40.7 Å². The second kappa shape index (κ2) is 4.64. The summed E-state index contributed by atoms with van der Waals surface area (Å²) in [6.07, 6.45) is 6.49. The van der Waals surface area contributed by atoms with Gasteiger partial charge >= 0.3 is 0 Å². The van der Waals surface area contributed by atoms with E-state index in [2.05, 4.69) is 28.5 Å². The summed E-state index contributed by atoms with van der Waals surface area (Å²) in [6.45, 7) is 2.30. The minimum Gasteiger partial charge on any atom is -0.342 e. The van der Waals surface area contributed by atoms with Crippen LogP contribution in [-0.4, -0.2) is 23.1 Å². The van der Waals surface area contributed by atoms with Crippen LogP contribution in [0.2, 0.25) is 0 Å². The molecule has 2 aliphatic rings. The second-order valence-electron chi connectivity index (χ2n) is 6.05. The monoisotopic (exact) mass is 255 g/mol. The summed E-state index contributed by atoms with van der Waals surface area (Å²) in [7, 11) is 0. The van der Waals surface area contributed by atoms with Crippen molar-refractivity contribution in [2.75, 3.05) is 13.1 Å². The Morgan fingerprint density at radius 1 is 1.00 bits per heavy atom. The van der Waals surface area contributed by atoms with Crippen LogP contribution in [0.25, 0.3) is 11.0 Å². The molecule has 2 heterocycles. The molecule has 19 heavy (non-hydrogen) atoms. The minimum atomic E-state index is 0.690. The van der Waals surface area contributed by atoms with Crippen LogP contribution < -0.4 is 5.32 Å². The Hall–Kier alpha value is -1.35. The van der Waals surface area contributed by atoms with Crippen molar-refractivity contribution in [3.05, 3.63) is 29.6 Å². The number of piperidine rings is 1. The van der Waals surface area contributed by atoms with Gasteiger partial charge in [-0.05, 0) is 62.4 Å². The third-order valence-corrected chi connectivity index (χ3v) is 4.83. The van der Waals surface area contributed by atoms with E-state index in [1.54, 1.807) is 0 Å². The highest BCUT2D eigenvalue weighted by Crippen LogP contribution is 2.36. The number of benzene rings is 1. The van der Waals surface area contributed by atoms with Crippen molar-refractivity contribution in [2.45, 2.75) is 43.9 Å². The van der Waals surface area contributed by atoms with E-state index in [4.69, 9.17) is 4.98 Å². The standard InChI is InChI=1S/C16H21N3/c1-2-12(3-1)16-18-14-5-4-13(10-15(14)19-16)11-6-8-17-9-7-11/h4-5,10-12,17H,1-3,6-9H2,(H,18,19). The van der Waals surface area contributed by atoms with Gasteiger partial charge in [-0.15, -0.1) is 0 Å². The zero-order chi connectivity index (χ0) is 12.7. The molecule has 0 amide bonds. The van der Waals surface area contributed by atoms with Crippen molar-refractivity contribution in [1.82, 2.24) is 15.3 Å². The lowest BCUT2D eigenvalue weighted by atomic mass is 9.85. The summed E-state index contributed by atoms with van der Waals surface area (Å²) in [6, 6.07) is 6.82. The Kier molecular flexibility index (Phi) is 2.80. The molecule has 1 aromatic heterocycles. The van der Waals surface area contributed by atoms with Crippen LogP contribution in [0.15, 0.2) is 18.2 Å². The fraction of sp³-hybridized carbons (Fsp3) is 0.562. The summed E-state index contributed by atoms with van der Waals surface area (Å²) in [5, 5.41) is 3.44. The SMILES string of the molecule is c1cc2nc(C3CCC3)[nH]c2cc1C1CCNCC1. The molecular weight excluding hydrogens is 234 g/mol. The van der Waals surface area contributed by atoms with Crippen LogP contribution >= 0.6 is 0 Å². The molecule has 100 valence electrons. The van der Waals surface area contributed by atoms with Crippen LogP contribution in [0.4, 0.5) is 0 Å². The maximum atomic E-state index is 4.75. The van der Waals surface area contributed by atoms with E-state index < -0.39 is 0 Å². The van der Waals surface area contributed by atoms with E-state index >= 15 is 0 Å². The molecule has 0 atom stereocenters. The molecule has 1 saturated carbocycles. The average Bonchev–Trinajstić information content (AvgIpc) is 2.79. The highest BCUT2D eigenvalue weighted by Gasteiger charge is 2.23. The summed E-state index contributed by atoms with van der Waals surface area (Å²) < 4.78 is 0. The van der Waals surface area contributed by atoms with Gasteiger partial charge in [-0.2, -0.15) is 0 Å². The van der Waals surface area contributed by atoms with Crippen LogP contribution in [0.1, 0.15) is 55.3 Å². The van der Waals surface area contributed by atoms with E-state index in [1.807, 2.05) is 0 Å². The molecule has 2 aromatic rings. The van der Waals surface area contributed by atoms with Gasteiger partial charge in [0.1, 0.15) is 5.82 Å². The molecule has 2 N–H and O–H groups in total. The molecule has 0 radical (unpaired) electrons. The van der Waals surface area contributed by atoms with Crippen LogP contribution in [0, 0.1) is 0 Å². The van der Waals surface area contributed by atoms with Gasteiger partial charge in [-0.25, -0.2) is 4.98 Å². The Bertz CT molecular complexity index is 577. The number of nitrogens with zero attached hydrogens (tertiary/aromatic N) is 1. The maximum Gasteiger partial charge on any atom is 0.110 e. The number of rotatable bonds is 2. The first-order valence-corrected chi connectivity index (χ1v) is 7.60. The fourth-order valence-corrected chi connectivity index (χ4v) is 3.33. The molecule has 3 heteroatoms. The lowest BCUT2D eigenvalue weighted by Gasteiger charge is -2.23. The fourth-order valence-electron chi connectivity index (χ4n) is 3.33. The highest BCUT2D eigenvalue weighted by atomic mass is 14.9. The first-order chi connectivity index (χ1) is 9.40. The quantitative estimate of drug-likeness (QED) is 0.864.